The van der Waals surface area contributed by atoms with E-state index in [2.05, 4.69) is 11.1 Å². The van der Waals surface area contributed by atoms with E-state index in [9.17, 15) is 4.79 Å². The first-order valence-corrected chi connectivity index (χ1v) is 6.78. The lowest BCUT2D eigenvalue weighted by atomic mass is 10.2. The number of hydrogen-bond donors (Lipinski definition) is 0. The lowest BCUT2D eigenvalue weighted by Crippen LogP contribution is -2.35. The number of carbonyl (C=O) groups is 1. The molecular formula is C14H12N2OS. The summed E-state index contributed by atoms with van der Waals surface area (Å²) in [6, 6.07) is 11.6. The zero-order valence-corrected chi connectivity index (χ0v) is 10.6. The number of aromatic nitrogens is 1. The van der Waals surface area contributed by atoms with Gasteiger partial charge in [0.25, 0.3) is 5.91 Å². The van der Waals surface area contributed by atoms with E-state index in [0.717, 1.165) is 18.0 Å². The SMILES string of the molecule is O=C(c1cccnc1)N1CCSc2ccccc21. The van der Waals surface area contributed by atoms with Gasteiger partial charge in [0.05, 0.1) is 11.3 Å². The van der Waals surface area contributed by atoms with Gasteiger partial charge in [-0.3, -0.25) is 9.78 Å². The van der Waals surface area contributed by atoms with Gasteiger partial charge in [0.1, 0.15) is 0 Å². The van der Waals surface area contributed by atoms with Crippen LogP contribution in [-0.2, 0) is 0 Å². The normalized spacial score (nSPS) is 14.1. The van der Waals surface area contributed by atoms with Gasteiger partial charge in [0.15, 0.2) is 0 Å². The number of fused-ring (bicyclic) bond motifs is 1. The van der Waals surface area contributed by atoms with Crippen molar-refractivity contribution in [2.24, 2.45) is 0 Å². The predicted molar refractivity (Wildman–Crippen MR) is 73.1 cm³/mol. The van der Waals surface area contributed by atoms with Gasteiger partial charge < -0.3 is 4.90 Å². The lowest BCUT2D eigenvalue weighted by molar-refractivity contribution is 0.0987. The highest BCUT2D eigenvalue weighted by Crippen LogP contribution is 2.34. The fourth-order valence-corrected chi connectivity index (χ4v) is 3.02. The molecule has 0 saturated heterocycles. The zero-order chi connectivity index (χ0) is 12.4. The minimum Gasteiger partial charge on any atom is -0.306 e. The van der Waals surface area contributed by atoms with Gasteiger partial charge in [0.2, 0.25) is 0 Å². The minimum absolute atomic E-state index is 0.0239. The summed E-state index contributed by atoms with van der Waals surface area (Å²) in [6.07, 6.45) is 3.30. The van der Waals surface area contributed by atoms with Crippen molar-refractivity contribution in [1.29, 1.82) is 0 Å². The van der Waals surface area contributed by atoms with E-state index in [1.165, 1.54) is 4.90 Å². The van der Waals surface area contributed by atoms with Crippen LogP contribution in [0.1, 0.15) is 10.4 Å². The Hall–Kier alpha value is -1.81. The second-order valence-corrected chi connectivity index (χ2v) is 5.15. The smallest absolute Gasteiger partial charge is 0.259 e. The lowest BCUT2D eigenvalue weighted by Gasteiger charge is -2.28. The molecule has 1 aromatic heterocycles. The molecule has 0 N–H and O–H groups in total. The number of rotatable bonds is 1. The predicted octanol–water partition coefficient (Wildman–Crippen LogP) is 2.83. The summed E-state index contributed by atoms with van der Waals surface area (Å²) in [5.41, 5.74) is 1.64. The average Bonchev–Trinajstić information content (AvgIpc) is 2.47. The number of nitrogens with zero attached hydrogens (tertiary/aromatic N) is 2. The van der Waals surface area contributed by atoms with E-state index in [1.54, 1.807) is 36.3 Å². The van der Waals surface area contributed by atoms with Crippen molar-refractivity contribution in [2.75, 3.05) is 17.2 Å². The molecule has 4 heteroatoms. The van der Waals surface area contributed by atoms with Crippen molar-refractivity contribution >= 4 is 23.4 Å². The van der Waals surface area contributed by atoms with Gasteiger partial charge in [-0.2, -0.15) is 0 Å². The molecule has 90 valence electrons. The quantitative estimate of drug-likeness (QED) is 0.786. The molecule has 0 aliphatic carbocycles. The van der Waals surface area contributed by atoms with Gasteiger partial charge in [-0.1, -0.05) is 12.1 Å². The molecule has 0 bridgehead atoms. The Morgan fingerprint density at radius 3 is 2.94 bits per heavy atom. The van der Waals surface area contributed by atoms with E-state index in [4.69, 9.17) is 0 Å². The van der Waals surface area contributed by atoms with Crippen LogP contribution in [0.2, 0.25) is 0 Å². The maximum absolute atomic E-state index is 12.4. The van der Waals surface area contributed by atoms with Crippen molar-refractivity contribution in [1.82, 2.24) is 4.98 Å². The van der Waals surface area contributed by atoms with Crippen LogP contribution in [0.5, 0.6) is 0 Å². The third-order valence-corrected chi connectivity index (χ3v) is 3.93. The van der Waals surface area contributed by atoms with E-state index in [0.29, 0.717) is 5.56 Å². The van der Waals surface area contributed by atoms with Crippen LogP contribution < -0.4 is 4.90 Å². The van der Waals surface area contributed by atoms with Gasteiger partial charge in [0, 0.05) is 29.6 Å². The van der Waals surface area contributed by atoms with Gasteiger partial charge in [-0.05, 0) is 24.3 Å². The van der Waals surface area contributed by atoms with Crippen LogP contribution >= 0.6 is 11.8 Å². The maximum atomic E-state index is 12.4. The van der Waals surface area contributed by atoms with E-state index in [1.807, 2.05) is 23.1 Å². The second kappa shape index (κ2) is 4.82. The molecule has 1 amide bonds. The molecule has 2 aromatic rings. The largest absolute Gasteiger partial charge is 0.306 e. The Bertz CT molecular complexity index is 571. The number of hydrogen-bond acceptors (Lipinski definition) is 3. The number of pyridine rings is 1. The molecule has 2 heterocycles. The summed E-state index contributed by atoms with van der Waals surface area (Å²) >= 11 is 1.80. The van der Waals surface area contributed by atoms with Crippen LogP contribution in [0.4, 0.5) is 5.69 Å². The minimum atomic E-state index is 0.0239. The van der Waals surface area contributed by atoms with Crippen molar-refractivity contribution in [3.05, 3.63) is 54.4 Å². The fraction of sp³-hybridized carbons (Fsp3) is 0.143. The highest BCUT2D eigenvalue weighted by Gasteiger charge is 2.23. The number of carbonyl (C=O) groups excluding carboxylic acids is 1. The van der Waals surface area contributed by atoms with Crippen LogP contribution in [0.25, 0.3) is 0 Å². The highest BCUT2D eigenvalue weighted by atomic mass is 32.2. The summed E-state index contributed by atoms with van der Waals surface area (Å²) in [6.45, 7) is 0.745. The first kappa shape index (κ1) is 11.3. The Morgan fingerprint density at radius 1 is 1.22 bits per heavy atom. The molecule has 3 rings (SSSR count). The first-order chi connectivity index (χ1) is 8.86. The molecule has 0 spiro atoms. The number of benzene rings is 1. The molecule has 1 aliphatic heterocycles. The Balaban J connectivity index is 1.97. The molecule has 0 unspecified atom stereocenters. The second-order valence-electron chi connectivity index (χ2n) is 4.01. The zero-order valence-electron chi connectivity index (χ0n) is 9.74. The Kier molecular flexibility index (Phi) is 3.02. The molecule has 0 radical (unpaired) electrons. The van der Waals surface area contributed by atoms with E-state index in [-0.39, 0.29) is 5.91 Å². The topological polar surface area (TPSA) is 33.2 Å². The molecule has 0 fully saturated rings. The summed E-state index contributed by atoms with van der Waals surface area (Å²) in [5.74, 6) is 0.957. The molecular weight excluding hydrogens is 244 g/mol. The van der Waals surface area contributed by atoms with E-state index < -0.39 is 0 Å². The summed E-state index contributed by atoms with van der Waals surface area (Å²) in [7, 11) is 0. The van der Waals surface area contributed by atoms with Crippen LogP contribution in [0.15, 0.2) is 53.7 Å². The van der Waals surface area contributed by atoms with Gasteiger partial charge in [-0.15, -0.1) is 11.8 Å². The standard InChI is InChI=1S/C14H12N2OS/c17-14(11-4-3-7-15-10-11)16-8-9-18-13-6-2-1-5-12(13)16/h1-7,10H,8-9H2. The van der Waals surface area contributed by atoms with Crippen molar-refractivity contribution in [2.45, 2.75) is 4.90 Å². The van der Waals surface area contributed by atoms with Crippen LogP contribution in [-0.4, -0.2) is 23.2 Å². The van der Waals surface area contributed by atoms with Crippen LogP contribution in [0.3, 0.4) is 0 Å². The summed E-state index contributed by atoms with van der Waals surface area (Å²) in [5, 5.41) is 0. The average molecular weight is 256 g/mol. The maximum Gasteiger partial charge on any atom is 0.259 e. The van der Waals surface area contributed by atoms with Gasteiger partial charge in [-0.25, -0.2) is 0 Å². The van der Waals surface area contributed by atoms with Crippen molar-refractivity contribution in [3.8, 4) is 0 Å². The monoisotopic (exact) mass is 256 g/mol. The molecule has 18 heavy (non-hydrogen) atoms. The summed E-state index contributed by atoms with van der Waals surface area (Å²) < 4.78 is 0. The van der Waals surface area contributed by atoms with Crippen molar-refractivity contribution in [3.63, 3.8) is 0 Å². The van der Waals surface area contributed by atoms with Crippen LogP contribution in [0, 0.1) is 0 Å². The van der Waals surface area contributed by atoms with Gasteiger partial charge >= 0.3 is 0 Å². The number of para-hydroxylation sites is 1. The van der Waals surface area contributed by atoms with Crippen molar-refractivity contribution < 1.29 is 4.79 Å². The fourth-order valence-electron chi connectivity index (χ4n) is 2.03. The number of anilines is 1. The Morgan fingerprint density at radius 2 is 2.11 bits per heavy atom. The molecule has 1 aromatic carbocycles. The molecule has 3 nitrogen and oxygen atoms in total. The third-order valence-electron chi connectivity index (χ3n) is 2.88. The Labute approximate surface area is 110 Å². The summed E-state index contributed by atoms with van der Waals surface area (Å²) in [4.78, 5) is 19.4. The molecule has 0 saturated carbocycles. The highest BCUT2D eigenvalue weighted by molar-refractivity contribution is 7.99. The molecule has 0 atom stereocenters. The third kappa shape index (κ3) is 1.99. The number of thioether (sulfide) groups is 1. The number of amides is 1. The first-order valence-electron chi connectivity index (χ1n) is 5.80. The van der Waals surface area contributed by atoms with E-state index >= 15 is 0 Å². The molecule has 1 aliphatic rings.